The van der Waals surface area contributed by atoms with E-state index in [0.717, 1.165) is 5.56 Å². The third-order valence-electron chi connectivity index (χ3n) is 3.74. The van der Waals surface area contributed by atoms with Crippen molar-refractivity contribution in [1.82, 2.24) is 5.43 Å². The predicted molar refractivity (Wildman–Crippen MR) is 99.2 cm³/mol. The summed E-state index contributed by atoms with van der Waals surface area (Å²) in [6.45, 7) is 1.74. The van der Waals surface area contributed by atoms with Crippen molar-refractivity contribution in [3.63, 3.8) is 0 Å². The second-order valence-electron chi connectivity index (χ2n) is 5.65. The first kappa shape index (κ1) is 18.1. The molecule has 0 aliphatic rings. The van der Waals surface area contributed by atoms with E-state index in [1.807, 2.05) is 0 Å². The number of carbonyl (C=O) groups is 2. The average Bonchev–Trinajstić information content (AvgIpc) is 3.22. The molecule has 0 bridgehead atoms. The van der Waals surface area contributed by atoms with Gasteiger partial charge in [0.2, 0.25) is 0 Å². The molecule has 1 aromatic heterocycles. The summed E-state index contributed by atoms with van der Waals surface area (Å²) < 4.78 is 17.9. The smallest absolute Gasteiger partial charge is 0.291 e. The van der Waals surface area contributed by atoms with Crippen LogP contribution in [0.2, 0.25) is 0 Å². The molecule has 3 rings (SSSR count). The number of halogens is 1. The highest BCUT2D eigenvalue weighted by molar-refractivity contribution is 6.03. The first-order valence-corrected chi connectivity index (χ1v) is 8.08. The Labute approximate surface area is 154 Å². The third kappa shape index (κ3) is 4.66. The summed E-state index contributed by atoms with van der Waals surface area (Å²) in [7, 11) is 0. The van der Waals surface area contributed by atoms with Crippen molar-refractivity contribution in [3.05, 3.63) is 89.6 Å². The quantitative estimate of drug-likeness (QED) is 0.532. The fourth-order valence-corrected chi connectivity index (χ4v) is 2.26. The van der Waals surface area contributed by atoms with E-state index in [-0.39, 0.29) is 11.7 Å². The molecule has 2 amide bonds. The number of furan rings is 1. The molecule has 0 spiro atoms. The van der Waals surface area contributed by atoms with Crippen molar-refractivity contribution in [3.8, 4) is 0 Å². The highest BCUT2D eigenvalue weighted by Crippen LogP contribution is 2.12. The summed E-state index contributed by atoms with van der Waals surface area (Å²) in [5.41, 5.74) is 4.68. The summed E-state index contributed by atoms with van der Waals surface area (Å²) in [6, 6.07) is 15.4. The molecular formula is C20H16FN3O3. The van der Waals surface area contributed by atoms with Crippen LogP contribution in [0, 0.1) is 5.82 Å². The van der Waals surface area contributed by atoms with Gasteiger partial charge in [-0.25, -0.2) is 9.82 Å². The van der Waals surface area contributed by atoms with Gasteiger partial charge < -0.3 is 9.73 Å². The van der Waals surface area contributed by atoms with Gasteiger partial charge in [-0.05, 0) is 61.0 Å². The third-order valence-corrected chi connectivity index (χ3v) is 3.74. The van der Waals surface area contributed by atoms with Gasteiger partial charge in [0.25, 0.3) is 11.8 Å². The lowest BCUT2D eigenvalue weighted by Gasteiger charge is -2.06. The molecule has 0 unspecified atom stereocenters. The van der Waals surface area contributed by atoms with Crippen LogP contribution in [0.3, 0.4) is 0 Å². The van der Waals surface area contributed by atoms with Gasteiger partial charge in [-0.3, -0.25) is 9.59 Å². The molecule has 0 saturated carbocycles. The van der Waals surface area contributed by atoms with Gasteiger partial charge in [-0.15, -0.1) is 0 Å². The largest absolute Gasteiger partial charge is 0.459 e. The van der Waals surface area contributed by atoms with E-state index in [1.165, 1.54) is 30.5 Å². The molecule has 0 saturated heterocycles. The molecule has 136 valence electrons. The SMILES string of the molecule is C/C(=N\NC(=O)c1ccc(F)cc1)c1ccc(NC(=O)c2ccco2)cc1. The van der Waals surface area contributed by atoms with E-state index in [1.54, 1.807) is 43.3 Å². The zero-order chi connectivity index (χ0) is 19.2. The molecule has 1 heterocycles. The number of hydrazone groups is 1. The fourth-order valence-electron chi connectivity index (χ4n) is 2.26. The van der Waals surface area contributed by atoms with Crippen molar-refractivity contribution in [2.75, 3.05) is 5.32 Å². The molecule has 0 radical (unpaired) electrons. The Balaban J connectivity index is 1.62. The Morgan fingerprint density at radius 1 is 0.926 bits per heavy atom. The molecule has 7 heteroatoms. The number of benzene rings is 2. The maximum atomic E-state index is 12.9. The minimum Gasteiger partial charge on any atom is -0.459 e. The molecule has 0 aliphatic heterocycles. The molecule has 6 nitrogen and oxygen atoms in total. The molecule has 27 heavy (non-hydrogen) atoms. The number of nitrogens with zero attached hydrogens (tertiary/aromatic N) is 1. The van der Waals surface area contributed by atoms with Crippen molar-refractivity contribution in [2.45, 2.75) is 6.92 Å². The Bertz CT molecular complexity index is 963. The lowest BCUT2D eigenvalue weighted by molar-refractivity contribution is 0.0953. The summed E-state index contributed by atoms with van der Waals surface area (Å²) in [5, 5.41) is 6.76. The highest BCUT2D eigenvalue weighted by atomic mass is 19.1. The van der Waals surface area contributed by atoms with Gasteiger partial charge >= 0.3 is 0 Å². The van der Waals surface area contributed by atoms with Crippen LogP contribution in [-0.2, 0) is 0 Å². The maximum absolute atomic E-state index is 12.9. The van der Waals surface area contributed by atoms with E-state index >= 15 is 0 Å². The van der Waals surface area contributed by atoms with E-state index in [9.17, 15) is 14.0 Å². The Hall–Kier alpha value is -3.74. The average molecular weight is 365 g/mol. The van der Waals surface area contributed by atoms with Gasteiger partial charge in [-0.2, -0.15) is 5.10 Å². The molecule has 0 atom stereocenters. The van der Waals surface area contributed by atoms with Crippen LogP contribution in [0.1, 0.15) is 33.4 Å². The maximum Gasteiger partial charge on any atom is 0.291 e. The summed E-state index contributed by atoms with van der Waals surface area (Å²) >= 11 is 0. The van der Waals surface area contributed by atoms with E-state index in [2.05, 4.69) is 15.8 Å². The van der Waals surface area contributed by atoms with E-state index in [4.69, 9.17) is 4.42 Å². The highest BCUT2D eigenvalue weighted by Gasteiger charge is 2.09. The lowest BCUT2D eigenvalue weighted by atomic mass is 10.1. The van der Waals surface area contributed by atoms with Crippen LogP contribution in [0.15, 0.2) is 76.4 Å². The minimum atomic E-state index is -0.434. The standard InChI is InChI=1S/C20H16FN3O3/c1-13(23-24-19(25)15-4-8-16(21)9-5-15)14-6-10-17(11-7-14)22-20(26)18-3-2-12-27-18/h2-12H,1H3,(H,22,26)(H,24,25)/b23-13+. The second-order valence-corrected chi connectivity index (χ2v) is 5.65. The van der Waals surface area contributed by atoms with Crippen molar-refractivity contribution >= 4 is 23.2 Å². The lowest BCUT2D eigenvalue weighted by Crippen LogP contribution is -2.19. The zero-order valence-electron chi connectivity index (χ0n) is 14.4. The number of amides is 2. The van der Waals surface area contributed by atoms with Crippen molar-refractivity contribution < 1.29 is 18.4 Å². The predicted octanol–water partition coefficient (Wildman–Crippen LogP) is 3.83. The summed E-state index contributed by atoms with van der Waals surface area (Å²) in [4.78, 5) is 23.9. The molecule has 2 N–H and O–H groups in total. The number of anilines is 1. The number of nitrogens with one attached hydrogen (secondary N) is 2. The Kier molecular flexibility index (Phi) is 5.41. The molecule has 0 aliphatic carbocycles. The zero-order valence-corrected chi connectivity index (χ0v) is 14.4. The van der Waals surface area contributed by atoms with Gasteiger partial charge in [-0.1, -0.05) is 12.1 Å². The molecule has 2 aromatic carbocycles. The van der Waals surface area contributed by atoms with E-state index < -0.39 is 11.7 Å². The van der Waals surface area contributed by atoms with Crippen LogP contribution in [0.5, 0.6) is 0 Å². The molecular weight excluding hydrogens is 349 g/mol. The van der Waals surface area contributed by atoms with Crippen molar-refractivity contribution in [1.29, 1.82) is 0 Å². The van der Waals surface area contributed by atoms with Crippen molar-refractivity contribution in [2.24, 2.45) is 5.10 Å². The first-order chi connectivity index (χ1) is 13.0. The van der Waals surface area contributed by atoms with Crippen LogP contribution in [0.25, 0.3) is 0 Å². The second kappa shape index (κ2) is 8.09. The monoisotopic (exact) mass is 365 g/mol. The molecule has 3 aromatic rings. The normalized spacial score (nSPS) is 11.1. The number of carbonyl (C=O) groups excluding carboxylic acids is 2. The molecule has 0 fully saturated rings. The van der Waals surface area contributed by atoms with Crippen LogP contribution >= 0.6 is 0 Å². The Morgan fingerprint density at radius 2 is 1.59 bits per heavy atom. The first-order valence-electron chi connectivity index (χ1n) is 8.08. The van der Waals surface area contributed by atoms with Crippen LogP contribution in [-0.4, -0.2) is 17.5 Å². The topological polar surface area (TPSA) is 83.7 Å². The van der Waals surface area contributed by atoms with Crippen LogP contribution < -0.4 is 10.7 Å². The van der Waals surface area contributed by atoms with Gasteiger partial charge in [0.1, 0.15) is 5.82 Å². The number of hydrogen-bond donors (Lipinski definition) is 2. The summed E-state index contributed by atoms with van der Waals surface area (Å²) in [6.07, 6.45) is 1.43. The minimum absolute atomic E-state index is 0.223. The van der Waals surface area contributed by atoms with Gasteiger partial charge in [0.05, 0.1) is 12.0 Å². The fraction of sp³-hybridized carbons (Fsp3) is 0.0500. The van der Waals surface area contributed by atoms with E-state index in [0.29, 0.717) is 17.0 Å². The van der Waals surface area contributed by atoms with Gasteiger partial charge in [0.15, 0.2) is 5.76 Å². The number of hydrogen-bond acceptors (Lipinski definition) is 4. The van der Waals surface area contributed by atoms with Gasteiger partial charge in [0, 0.05) is 11.3 Å². The number of rotatable bonds is 5. The summed E-state index contributed by atoms with van der Waals surface area (Å²) in [5.74, 6) is -0.966. The van der Waals surface area contributed by atoms with Crippen LogP contribution in [0.4, 0.5) is 10.1 Å². The Morgan fingerprint density at radius 3 is 2.22 bits per heavy atom.